The predicted octanol–water partition coefficient (Wildman–Crippen LogP) is 1.71. The minimum absolute atomic E-state index is 0. The quantitative estimate of drug-likeness (QED) is 0.428. The zero-order valence-electron chi connectivity index (χ0n) is 13.0. The highest BCUT2D eigenvalue weighted by Gasteiger charge is 2.27. The second kappa shape index (κ2) is 8.71. The van der Waals surface area contributed by atoms with Crippen molar-refractivity contribution in [1.82, 2.24) is 10.6 Å². The van der Waals surface area contributed by atoms with Gasteiger partial charge < -0.3 is 10.6 Å². The van der Waals surface area contributed by atoms with Gasteiger partial charge in [-0.15, -0.1) is 24.0 Å². The van der Waals surface area contributed by atoms with Crippen LogP contribution in [-0.4, -0.2) is 39.5 Å². The Balaban J connectivity index is 0.00000242. The Morgan fingerprint density at radius 1 is 1.36 bits per heavy atom. The molecule has 0 radical (unpaired) electrons. The van der Waals surface area contributed by atoms with E-state index in [1.807, 2.05) is 6.07 Å². The molecule has 0 saturated carbocycles. The average molecular weight is 437 g/mol. The van der Waals surface area contributed by atoms with Crippen molar-refractivity contribution in [2.75, 3.05) is 25.1 Å². The Kier molecular flexibility index (Phi) is 7.61. The van der Waals surface area contributed by atoms with Gasteiger partial charge in [-0.25, -0.2) is 8.42 Å². The van der Waals surface area contributed by atoms with E-state index < -0.39 is 9.84 Å². The Labute approximate surface area is 149 Å². The third kappa shape index (κ3) is 6.12. The van der Waals surface area contributed by atoms with Crippen molar-refractivity contribution in [1.29, 1.82) is 0 Å². The molecular formula is C15H24IN3O2S. The van der Waals surface area contributed by atoms with Crippen LogP contribution in [0.3, 0.4) is 0 Å². The van der Waals surface area contributed by atoms with Crippen LogP contribution in [-0.2, 0) is 16.4 Å². The van der Waals surface area contributed by atoms with Crippen LogP contribution in [0.25, 0.3) is 0 Å². The van der Waals surface area contributed by atoms with E-state index in [4.69, 9.17) is 0 Å². The monoisotopic (exact) mass is 437 g/mol. The summed E-state index contributed by atoms with van der Waals surface area (Å²) in [5.74, 6) is 1.50. The lowest BCUT2D eigenvalue weighted by atomic mass is 10.1. The fourth-order valence-electron chi connectivity index (χ4n) is 2.50. The maximum absolute atomic E-state index is 11.4. The number of aliphatic imine (C=N–C) groups is 1. The summed E-state index contributed by atoms with van der Waals surface area (Å²) in [7, 11) is -1.09. The summed E-state index contributed by atoms with van der Waals surface area (Å²) in [5.41, 5.74) is 2.43. The molecule has 1 aromatic rings. The summed E-state index contributed by atoms with van der Waals surface area (Å²) in [6.45, 7) is 3.41. The summed E-state index contributed by atoms with van der Waals surface area (Å²) in [6.07, 6.45) is 0.740. The van der Waals surface area contributed by atoms with Crippen molar-refractivity contribution in [2.45, 2.75) is 19.9 Å². The van der Waals surface area contributed by atoms with Gasteiger partial charge in [0.15, 0.2) is 15.8 Å². The third-order valence-corrected chi connectivity index (χ3v) is 5.49. The summed E-state index contributed by atoms with van der Waals surface area (Å²) < 4.78 is 22.8. The summed E-state index contributed by atoms with van der Waals surface area (Å²) >= 11 is 0. The van der Waals surface area contributed by atoms with Gasteiger partial charge in [0.05, 0.1) is 11.5 Å². The lowest BCUT2D eigenvalue weighted by molar-refractivity contribution is 0.567. The van der Waals surface area contributed by atoms with Gasteiger partial charge in [-0.05, 0) is 24.8 Å². The average Bonchev–Trinajstić information content (AvgIpc) is 2.78. The molecule has 1 atom stereocenters. The summed E-state index contributed by atoms with van der Waals surface area (Å²) in [4.78, 5) is 4.17. The van der Waals surface area contributed by atoms with Gasteiger partial charge in [0.25, 0.3) is 0 Å². The molecule has 1 unspecified atom stereocenters. The van der Waals surface area contributed by atoms with E-state index in [1.54, 1.807) is 7.05 Å². The molecule has 1 aliphatic rings. The minimum atomic E-state index is -2.81. The third-order valence-electron chi connectivity index (χ3n) is 3.65. The maximum atomic E-state index is 11.4. The van der Waals surface area contributed by atoms with Crippen molar-refractivity contribution in [3.8, 4) is 0 Å². The van der Waals surface area contributed by atoms with Gasteiger partial charge in [-0.2, -0.15) is 0 Å². The fraction of sp³-hybridized carbons (Fsp3) is 0.533. The molecule has 5 nitrogen and oxygen atoms in total. The minimum Gasteiger partial charge on any atom is -0.356 e. The van der Waals surface area contributed by atoms with Gasteiger partial charge in [0, 0.05) is 20.1 Å². The number of hydrogen-bond donors (Lipinski definition) is 2. The maximum Gasteiger partial charge on any atom is 0.191 e. The highest BCUT2D eigenvalue weighted by molar-refractivity contribution is 14.0. The van der Waals surface area contributed by atoms with Crippen molar-refractivity contribution in [2.24, 2.45) is 10.9 Å². The normalized spacial score (nSPS) is 20.3. The number of sulfone groups is 1. The van der Waals surface area contributed by atoms with Crippen LogP contribution >= 0.6 is 24.0 Å². The first-order chi connectivity index (χ1) is 9.98. The Morgan fingerprint density at radius 2 is 2.14 bits per heavy atom. The van der Waals surface area contributed by atoms with Crippen molar-refractivity contribution < 1.29 is 8.42 Å². The smallest absolute Gasteiger partial charge is 0.191 e. The molecule has 7 heteroatoms. The molecule has 1 heterocycles. The molecule has 124 valence electrons. The summed E-state index contributed by atoms with van der Waals surface area (Å²) in [5, 5.41) is 6.46. The number of halogens is 1. The van der Waals surface area contributed by atoms with Crippen LogP contribution in [0.5, 0.6) is 0 Å². The van der Waals surface area contributed by atoms with Gasteiger partial charge in [0.1, 0.15) is 0 Å². The lowest BCUT2D eigenvalue weighted by Gasteiger charge is -2.14. The standard InChI is InChI=1S/C15H23N3O2S.HI/c1-12-4-3-5-13(8-12)9-17-15(16-2)18-10-14-6-7-21(19,20)11-14;/h3-5,8,14H,6-7,9-11H2,1-2H3,(H2,16,17,18);1H. The zero-order valence-corrected chi connectivity index (χ0v) is 16.1. The van der Waals surface area contributed by atoms with E-state index in [9.17, 15) is 8.42 Å². The molecule has 1 aromatic carbocycles. The number of hydrogen-bond acceptors (Lipinski definition) is 3. The first kappa shape index (κ1) is 19.2. The molecule has 0 amide bonds. The number of nitrogens with one attached hydrogen (secondary N) is 2. The number of nitrogens with zero attached hydrogens (tertiary/aromatic N) is 1. The van der Waals surface area contributed by atoms with E-state index in [-0.39, 0.29) is 35.6 Å². The first-order valence-electron chi connectivity index (χ1n) is 7.19. The van der Waals surface area contributed by atoms with Gasteiger partial charge >= 0.3 is 0 Å². The van der Waals surface area contributed by atoms with Crippen LogP contribution in [0.15, 0.2) is 29.3 Å². The fourth-order valence-corrected chi connectivity index (χ4v) is 4.36. The van der Waals surface area contributed by atoms with E-state index >= 15 is 0 Å². The number of benzene rings is 1. The van der Waals surface area contributed by atoms with Crippen molar-refractivity contribution in [3.63, 3.8) is 0 Å². The van der Waals surface area contributed by atoms with Gasteiger partial charge in [-0.3, -0.25) is 4.99 Å². The van der Waals surface area contributed by atoms with Crippen LogP contribution in [0.2, 0.25) is 0 Å². The van der Waals surface area contributed by atoms with Crippen LogP contribution in [0.4, 0.5) is 0 Å². The molecule has 0 aromatic heterocycles. The zero-order chi connectivity index (χ0) is 15.3. The number of rotatable bonds is 4. The van der Waals surface area contributed by atoms with Crippen molar-refractivity contribution in [3.05, 3.63) is 35.4 Å². The second-order valence-electron chi connectivity index (χ2n) is 5.56. The van der Waals surface area contributed by atoms with Crippen LogP contribution in [0.1, 0.15) is 17.5 Å². The van der Waals surface area contributed by atoms with Crippen molar-refractivity contribution >= 4 is 39.8 Å². The molecule has 22 heavy (non-hydrogen) atoms. The highest BCUT2D eigenvalue weighted by Crippen LogP contribution is 2.17. The molecule has 0 aliphatic carbocycles. The SMILES string of the molecule is CN=C(NCc1cccc(C)c1)NCC1CCS(=O)(=O)C1.I. The lowest BCUT2D eigenvalue weighted by Crippen LogP contribution is -2.39. The Bertz CT molecular complexity index is 617. The predicted molar refractivity (Wildman–Crippen MR) is 102 cm³/mol. The molecule has 1 aliphatic heterocycles. The van der Waals surface area contributed by atoms with Crippen LogP contribution < -0.4 is 10.6 Å². The second-order valence-corrected chi connectivity index (χ2v) is 7.79. The number of aryl methyl sites for hydroxylation is 1. The Hall–Kier alpha value is -0.830. The summed E-state index contributed by atoms with van der Waals surface area (Å²) in [6, 6.07) is 8.30. The first-order valence-corrected chi connectivity index (χ1v) is 9.01. The van der Waals surface area contributed by atoms with E-state index in [1.165, 1.54) is 11.1 Å². The van der Waals surface area contributed by atoms with Crippen LogP contribution in [0, 0.1) is 12.8 Å². The van der Waals surface area contributed by atoms with E-state index in [0.717, 1.165) is 6.42 Å². The molecular weight excluding hydrogens is 413 g/mol. The Morgan fingerprint density at radius 3 is 2.73 bits per heavy atom. The molecule has 1 saturated heterocycles. The molecule has 0 bridgehead atoms. The van der Waals surface area contributed by atoms with Gasteiger partial charge in [0.2, 0.25) is 0 Å². The highest BCUT2D eigenvalue weighted by atomic mass is 127. The molecule has 2 N–H and O–H groups in total. The topological polar surface area (TPSA) is 70.6 Å². The number of guanidine groups is 1. The van der Waals surface area contributed by atoms with E-state index in [2.05, 4.69) is 40.7 Å². The molecule has 0 spiro atoms. The van der Waals surface area contributed by atoms with E-state index in [0.29, 0.717) is 24.8 Å². The largest absolute Gasteiger partial charge is 0.356 e. The molecule has 1 fully saturated rings. The molecule has 2 rings (SSSR count). The van der Waals surface area contributed by atoms with Gasteiger partial charge in [-0.1, -0.05) is 29.8 Å².